The third kappa shape index (κ3) is 70.5. The van der Waals surface area contributed by atoms with Crippen LogP contribution in [0.3, 0.4) is 0 Å². The van der Waals surface area contributed by atoms with Crippen LogP contribution in [0, 0.1) is 23.7 Å². The molecule has 0 saturated carbocycles. The van der Waals surface area contributed by atoms with Crippen LogP contribution in [0.5, 0.6) is 0 Å². The van der Waals surface area contributed by atoms with Crippen LogP contribution in [0.15, 0.2) is 0 Å². The Morgan fingerprint density at radius 2 is 0.438 bits per heavy atom. The largest absolute Gasteiger partial charge is 0.472 e. The molecule has 0 amide bonds. The molecule has 3 unspecified atom stereocenters. The fraction of sp³-hybridized carbons (Fsp3) is 0.948. The van der Waals surface area contributed by atoms with Crippen LogP contribution < -0.4 is 0 Å². The van der Waals surface area contributed by atoms with E-state index in [9.17, 15) is 43.2 Å². The summed E-state index contributed by atoms with van der Waals surface area (Å²) >= 11 is 0. The lowest BCUT2D eigenvalue weighted by atomic mass is 10.0. The first kappa shape index (κ1) is 94.1. The van der Waals surface area contributed by atoms with Crippen LogP contribution in [0.2, 0.25) is 0 Å². The molecule has 0 bridgehead atoms. The minimum absolute atomic E-state index is 0.101. The molecule has 5 atom stereocenters. The molecule has 0 aliphatic rings. The van der Waals surface area contributed by atoms with Crippen molar-refractivity contribution in [2.45, 2.75) is 408 Å². The number of phosphoric acid groups is 2. The number of aliphatic hydroxyl groups is 1. The van der Waals surface area contributed by atoms with E-state index in [-0.39, 0.29) is 25.7 Å². The zero-order valence-electron chi connectivity index (χ0n) is 63.0. The lowest BCUT2D eigenvalue weighted by Crippen LogP contribution is -2.30. The summed E-state index contributed by atoms with van der Waals surface area (Å²) in [5, 5.41) is 10.6. The second kappa shape index (κ2) is 66.3. The average molecular weight is 1410 g/mol. The van der Waals surface area contributed by atoms with Crippen LogP contribution in [-0.4, -0.2) is 96.7 Å². The molecule has 0 aliphatic heterocycles. The van der Waals surface area contributed by atoms with Crippen molar-refractivity contribution in [3.8, 4) is 0 Å². The summed E-state index contributed by atoms with van der Waals surface area (Å²) in [6.07, 6.45) is 51.7. The number of hydrogen-bond acceptors (Lipinski definition) is 15. The van der Waals surface area contributed by atoms with E-state index in [1.54, 1.807) is 0 Å². The van der Waals surface area contributed by atoms with Gasteiger partial charge in [-0.3, -0.25) is 37.3 Å². The summed E-state index contributed by atoms with van der Waals surface area (Å²) in [6, 6.07) is 0. The number of ether oxygens (including phenoxy) is 4. The topological polar surface area (TPSA) is 237 Å². The van der Waals surface area contributed by atoms with Crippen molar-refractivity contribution in [3.05, 3.63) is 0 Å². The number of unbranched alkanes of at least 4 members (excludes halogenated alkanes) is 40. The third-order valence-corrected chi connectivity index (χ3v) is 19.7. The molecule has 0 rings (SSSR count). The molecule has 0 saturated heterocycles. The average Bonchev–Trinajstić information content (AvgIpc) is 1.12. The number of aliphatic hydroxyl groups excluding tert-OH is 1. The number of hydrogen-bond donors (Lipinski definition) is 3. The van der Waals surface area contributed by atoms with E-state index in [2.05, 4.69) is 55.4 Å². The lowest BCUT2D eigenvalue weighted by Gasteiger charge is -2.21. The van der Waals surface area contributed by atoms with Crippen molar-refractivity contribution in [2.75, 3.05) is 39.6 Å². The van der Waals surface area contributed by atoms with Crippen LogP contribution in [0.1, 0.15) is 389 Å². The highest BCUT2D eigenvalue weighted by Crippen LogP contribution is 2.45. The number of carbonyl (C=O) groups is 4. The summed E-state index contributed by atoms with van der Waals surface area (Å²) in [5.74, 6) is 0.879. The molecule has 0 spiro atoms. The second-order valence-corrected chi connectivity index (χ2v) is 32.6. The van der Waals surface area contributed by atoms with Crippen molar-refractivity contribution < 1.29 is 80.2 Å². The summed E-state index contributed by atoms with van der Waals surface area (Å²) in [4.78, 5) is 72.8. The standard InChI is InChI=1S/C77H150O17P2/c1-67(2)53-45-37-29-23-19-15-11-9-10-12-17-21-25-32-41-49-57-74(79)87-63-72(93-76(81)59-51-43-34-26-22-18-14-13-16-20-24-30-38-46-54-68(3)4)65-91-95(83,84)89-61-71(78)62-90-96(85,86)92-66-73(94-77(82)60-52-44-36-35-40-48-56-70(7)8)64-88-75(80)58-50-42-33-28-27-31-39-47-55-69(5)6/h67-73,78H,9-66H2,1-8H3,(H,83,84)(H,85,86)/t71?,72-,73-/m1/s1. The van der Waals surface area contributed by atoms with Crippen molar-refractivity contribution >= 4 is 39.5 Å². The Morgan fingerprint density at radius 3 is 0.646 bits per heavy atom. The van der Waals surface area contributed by atoms with Gasteiger partial charge in [-0.1, -0.05) is 338 Å². The van der Waals surface area contributed by atoms with E-state index in [4.69, 9.17) is 37.0 Å². The summed E-state index contributed by atoms with van der Waals surface area (Å²) in [6.45, 7) is 14.1. The van der Waals surface area contributed by atoms with Crippen molar-refractivity contribution in [1.82, 2.24) is 0 Å². The first-order valence-corrected chi connectivity index (χ1v) is 42.7. The Hall–Kier alpha value is -1.94. The maximum absolute atomic E-state index is 13.1. The van der Waals surface area contributed by atoms with E-state index in [0.717, 1.165) is 108 Å². The molecule has 17 nitrogen and oxygen atoms in total. The molecule has 0 aliphatic carbocycles. The number of phosphoric ester groups is 2. The normalized spacial score (nSPS) is 14.1. The highest BCUT2D eigenvalue weighted by Gasteiger charge is 2.30. The predicted octanol–water partition coefficient (Wildman–Crippen LogP) is 22.4. The first-order chi connectivity index (χ1) is 46.1. The van der Waals surface area contributed by atoms with Gasteiger partial charge >= 0.3 is 39.5 Å². The van der Waals surface area contributed by atoms with Gasteiger partial charge in [0.25, 0.3) is 0 Å². The van der Waals surface area contributed by atoms with Crippen molar-refractivity contribution in [2.24, 2.45) is 23.7 Å². The molecule has 0 aromatic carbocycles. The van der Waals surface area contributed by atoms with Gasteiger partial charge in [0.2, 0.25) is 0 Å². The minimum Gasteiger partial charge on any atom is -0.462 e. The first-order valence-electron chi connectivity index (χ1n) is 39.7. The van der Waals surface area contributed by atoms with E-state index >= 15 is 0 Å². The summed E-state index contributed by atoms with van der Waals surface area (Å²) in [7, 11) is -9.91. The molecular weight excluding hydrogens is 1260 g/mol. The second-order valence-electron chi connectivity index (χ2n) is 29.7. The Kier molecular flexibility index (Phi) is 65.0. The van der Waals surface area contributed by atoms with E-state index in [1.807, 2.05) is 0 Å². The zero-order valence-corrected chi connectivity index (χ0v) is 64.8. The third-order valence-electron chi connectivity index (χ3n) is 17.8. The van der Waals surface area contributed by atoms with E-state index < -0.39 is 97.5 Å². The highest BCUT2D eigenvalue weighted by atomic mass is 31.2. The molecule has 0 aromatic rings. The monoisotopic (exact) mass is 1410 g/mol. The van der Waals surface area contributed by atoms with Gasteiger partial charge in [-0.25, -0.2) is 9.13 Å². The Labute approximate surface area is 588 Å². The maximum atomic E-state index is 13.1. The van der Waals surface area contributed by atoms with Gasteiger partial charge in [0.15, 0.2) is 12.2 Å². The minimum atomic E-state index is -4.96. The fourth-order valence-corrected chi connectivity index (χ4v) is 13.3. The number of rotatable bonds is 74. The number of carbonyl (C=O) groups excluding carboxylic acids is 4. The molecule has 570 valence electrons. The highest BCUT2D eigenvalue weighted by molar-refractivity contribution is 7.47. The number of esters is 4. The van der Waals surface area contributed by atoms with Crippen molar-refractivity contribution in [1.29, 1.82) is 0 Å². The van der Waals surface area contributed by atoms with Gasteiger partial charge in [-0.05, 0) is 49.4 Å². The SMILES string of the molecule is CC(C)CCCCCCCCCCCCCCCCCCC(=O)OC[C@H](COP(=O)(O)OCC(O)COP(=O)(O)OC[C@@H](COC(=O)CCCCCCCCCCC(C)C)OC(=O)CCCCCCCCC(C)C)OC(=O)CCCCCCCCCCCCCCCCC(C)C. The van der Waals surface area contributed by atoms with Crippen LogP contribution in [-0.2, 0) is 65.4 Å². The molecule has 0 heterocycles. The molecular formula is C77H150O17P2. The Morgan fingerprint density at radius 1 is 0.260 bits per heavy atom. The van der Waals surface area contributed by atoms with Gasteiger partial charge in [0.05, 0.1) is 26.4 Å². The molecule has 0 aromatic heterocycles. The predicted molar refractivity (Wildman–Crippen MR) is 391 cm³/mol. The molecule has 19 heteroatoms. The van der Waals surface area contributed by atoms with Gasteiger partial charge in [0, 0.05) is 25.7 Å². The van der Waals surface area contributed by atoms with Crippen LogP contribution >= 0.6 is 15.6 Å². The quantitative estimate of drug-likeness (QED) is 0.0222. The van der Waals surface area contributed by atoms with Crippen LogP contribution in [0.4, 0.5) is 0 Å². The molecule has 3 N–H and O–H groups in total. The van der Waals surface area contributed by atoms with Gasteiger partial charge in [0.1, 0.15) is 19.3 Å². The lowest BCUT2D eigenvalue weighted by molar-refractivity contribution is -0.161. The maximum Gasteiger partial charge on any atom is 0.472 e. The van der Waals surface area contributed by atoms with Gasteiger partial charge < -0.3 is 33.8 Å². The Balaban J connectivity index is 5.20. The Bertz CT molecular complexity index is 1880. The van der Waals surface area contributed by atoms with Gasteiger partial charge in [-0.15, -0.1) is 0 Å². The summed E-state index contributed by atoms with van der Waals surface area (Å²) in [5.41, 5.74) is 0. The molecule has 0 fully saturated rings. The zero-order chi connectivity index (χ0) is 71.0. The van der Waals surface area contributed by atoms with E-state index in [1.165, 1.54) is 193 Å². The fourth-order valence-electron chi connectivity index (χ4n) is 11.7. The van der Waals surface area contributed by atoms with Crippen molar-refractivity contribution in [3.63, 3.8) is 0 Å². The molecule has 0 radical (unpaired) electrons. The molecule has 96 heavy (non-hydrogen) atoms. The van der Waals surface area contributed by atoms with Gasteiger partial charge in [-0.2, -0.15) is 0 Å². The smallest absolute Gasteiger partial charge is 0.462 e. The van der Waals surface area contributed by atoms with E-state index in [0.29, 0.717) is 31.6 Å². The summed E-state index contributed by atoms with van der Waals surface area (Å²) < 4.78 is 68.5. The van der Waals surface area contributed by atoms with Crippen LogP contribution in [0.25, 0.3) is 0 Å².